The minimum atomic E-state index is -0.250. The maximum absolute atomic E-state index is 14.6. The van der Waals surface area contributed by atoms with Gasteiger partial charge in [-0.1, -0.05) is 12.1 Å². The second-order valence-corrected chi connectivity index (χ2v) is 8.63. The number of thiazole rings is 1. The van der Waals surface area contributed by atoms with E-state index in [4.69, 9.17) is 0 Å². The maximum atomic E-state index is 14.6. The Morgan fingerprint density at radius 1 is 1.13 bits per heavy atom. The maximum Gasteiger partial charge on any atom is 0.131 e. The third-order valence-corrected chi connectivity index (χ3v) is 6.54. The molecule has 5 rings (SSSR count). The van der Waals surface area contributed by atoms with E-state index in [-0.39, 0.29) is 18.0 Å². The summed E-state index contributed by atoms with van der Waals surface area (Å²) in [6, 6.07) is 11.6. The summed E-state index contributed by atoms with van der Waals surface area (Å²) in [4.78, 5) is 11.3. The predicted octanol–water partition coefficient (Wildman–Crippen LogP) is 5.67. The Morgan fingerprint density at radius 2 is 2.00 bits per heavy atom. The molecule has 0 saturated carbocycles. The quantitative estimate of drug-likeness (QED) is 0.418. The molecule has 0 aliphatic carbocycles. The summed E-state index contributed by atoms with van der Waals surface area (Å²) in [5.74, 6) is -0.250. The van der Waals surface area contributed by atoms with Gasteiger partial charge in [-0.15, -0.1) is 11.3 Å². The first-order valence-corrected chi connectivity index (χ1v) is 11.0. The molecule has 156 valence electrons. The Balaban J connectivity index is 1.54. The first-order valence-electron chi connectivity index (χ1n) is 10.1. The van der Waals surface area contributed by atoms with Crippen LogP contribution < -0.4 is 0 Å². The molecule has 31 heavy (non-hydrogen) atoms. The van der Waals surface area contributed by atoms with Gasteiger partial charge >= 0.3 is 0 Å². The SMILES string of the molecule is CC1N=CC=C(c2ccc3ncsc3c2)N1C(C)c1ccc(F)c(-c2cnn(C)c2)c1. The number of aryl methyl sites for hydroxylation is 1. The molecule has 2 aromatic heterocycles. The number of nitrogens with zero attached hydrogens (tertiary/aromatic N) is 5. The van der Waals surface area contributed by atoms with Gasteiger partial charge in [0.2, 0.25) is 0 Å². The molecule has 3 heterocycles. The van der Waals surface area contributed by atoms with Gasteiger partial charge in [-0.2, -0.15) is 5.10 Å². The number of hydrogen-bond donors (Lipinski definition) is 0. The topological polar surface area (TPSA) is 46.3 Å². The summed E-state index contributed by atoms with van der Waals surface area (Å²) in [6.07, 6.45) is 7.39. The van der Waals surface area contributed by atoms with E-state index >= 15 is 0 Å². The molecule has 2 aromatic carbocycles. The Hall–Kier alpha value is -3.32. The van der Waals surface area contributed by atoms with Crippen LogP contribution in [0.5, 0.6) is 0 Å². The normalized spacial score (nSPS) is 17.2. The lowest BCUT2D eigenvalue weighted by Gasteiger charge is -2.38. The van der Waals surface area contributed by atoms with Gasteiger partial charge in [0.05, 0.1) is 28.0 Å². The molecular weight excluding hydrogens is 409 g/mol. The Kier molecular flexibility index (Phi) is 4.90. The van der Waals surface area contributed by atoms with E-state index < -0.39 is 0 Å². The zero-order valence-corrected chi connectivity index (χ0v) is 18.3. The Morgan fingerprint density at radius 3 is 2.81 bits per heavy atom. The van der Waals surface area contributed by atoms with Gasteiger partial charge in [0, 0.05) is 36.3 Å². The van der Waals surface area contributed by atoms with Crippen molar-refractivity contribution in [1.29, 1.82) is 0 Å². The van der Waals surface area contributed by atoms with Gasteiger partial charge < -0.3 is 4.90 Å². The molecule has 1 aliphatic heterocycles. The molecule has 0 fully saturated rings. The Labute approximate surface area is 184 Å². The fourth-order valence-electron chi connectivity index (χ4n) is 4.13. The first kappa shape index (κ1) is 19.6. The van der Waals surface area contributed by atoms with E-state index in [0.29, 0.717) is 5.56 Å². The van der Waals surface area contributed by atoms with Gasteiger partial charge in [-0.25, -0.2) is 9.37 Å². The molecule has 5 nitrogen and oxygen atoms in total. The van der Waals surface area contributed by atoms with E-state index in [2.05, 4.69) is 52.0 Å². The molecule has 2 atom stereocenters. The highest BCUT2D eigenvalue weighted by molar-refractivity contribution is 7.16. The fraction of sp³-hybridized carbons (Fsp3) is 0.208. The summed E-state index contributed by atoms with van der Waals surface area (Å²) in [5, 5.41) is 4.19. The summed E-state index contributed by atoms with van der Waals surface area (Å²) >= 11 is 1.64. The van der Waals surface area contributed by atoms with Crippen LogP contribution in [0.3, 0.4) is 0 Å². The van der Waals surface area contributed by atoms with Crippen LogP contribution in [0.25, 0.3) is 27.0 Å². The van der Waals surface area contributed by atoms with Crippen molar-refractivity contribution >= 4 is 33.5 Å². The molecule has 0 bridgehead atoms. The van der Waals surface area contributed by atoms with Crippen molar-refractivity contribution < 1.29 is 4.39 Å². The highest BCUT2D eigenvalue weighted by Gasteiger charge is 2.27. The average molecular weight is 432 g/mol. The van der Waals surface area contributed by atoms with Crippen molar-refractivity contribution in [3.8, 4) is 11.1 Å². The van der Waals surface area contributed by atoms with Crippen molar-refractivity contribution in [2.75, 3.05) is 0 Å². The average Bonchev–Trinajstić information content (AvgIpc) is 3.41. The number of allylic oxidation sites excluding steroid dienone is 1. The summed E-state index contributed by atoms with van der Waals surface area (Å²) in [5.41, 5.74) is 7.44. The van der Waals surface area contributed by atoms with Crippen LogP contribution in [-0.4, -0.2) is 32.0 Å². The number of rotatable bonds is 4. The number of halogens is 1. The van der Waals surface area contributed by atoms with Gasteiger partial charge in [-0.05, 0) is 55.3 Å². The van der Waals surface area contributed by atoms with Crippen molar-refractivity contribution in [3.05, 3.63) is 77.3 Å². The second-order valence-electron chi connectivity index (χ2n) is 7.74. The van der Waals surface area contributed by atoms with Crippen molar-refractivity contribution in [2.24, 2.45) is 12.0 Å². The van der Waals surface area contributed by atoms with Crippen LogP contribution in [0.1, 0.15) is 31.0 Å². The number of hydrogen-bond acceptors (Lipinski definition) is 5. The largest absolute Gasteiger partial charge is 0.343 e. The van der Waals surface area contributed by atoms with Crippen molar-refractivity contribution in [3.63, 3.8) is 0 Å². The first-order chi connectivity index (χ1) is 15.0. The molecule has 0 spiro atoms. The van der Waals surface area contributed by atoms with E-state index in [1.54, 1.807) is 28.3 Å². The smallest absolute Gasteiger partial charge is 0.131 e. The van der Waals surface area contributed by atoms with Crippen LogP contribution in [0.2, 0.25) is 0 Å². The van der Waals surface area contributed by atoms with Crippen LogP contribution in [0, 0.1) is 5.82 Å². The number of fused-ring (bicyclic) bond motifs is 1. The summed E-state index contributed by atoms with van der Waals surface area (Å²) in [7, 11) is 1.83. The van der Waals surface area contributed by atoms with Crippen LogP contribution in [0.4, 0.5) is 4.39 Å². The molecule has 4 aromatic rings. The van der Waals surface area contributed by atoms with Gasteiger partial charge in [0.15, 0.2) is 0 Å². The molecule has 0 radical (unpaired) electrons. The molecule has 7 heteroatoms. The third-order valence-electron chi connectivity index (χ3n) is 5.75. The number of benzene rings is 2. The molecule has 0 amide bonds. The lowest BCUT2D eigenvalue weighted by Crippen LogP contribution is -2.35. The van der Waals surface area contributed by atoms with Gasteiger partial charge in [0.25, 0.3) is 0 Å². The molecule has 1 aliphatic rings. The fourth-order valence-corrected chi connectivity index (χ4v) is 4.85. The van der Waals surface area contributed by atoms with Crippen LogP contribution in [-0.2, 0) is 7.05 Å². The van der Waals surface area contributed by atoms with Crippen molar-refractivity contribution in [1.82, 2.24) is 19.7 Å². The van der Waals surface area contributed by atoms with E-state index in [0.717, 1.165) is 32.6 Å². The third kappa shape index (κ3) is 3.55. The molecular formula is C24H22FN5S. The Bertz CT molecular complexity index is 1320. The zero-order valence-electron chi connectivity index (χ0n) is 17.5. The summed E-state index contributed by atoms with van der Waals surface area (Å²) < 4.78 is 17.5. The number of aromatic nitrogens is 3. The van der Waals surface area contributed by atoms with E-state index in [1.807, 2.05) is 43.2 Å². The monoisotopic (exact) mass is 431 g/mol. The zero-order chi connectivity index (χ0) is 21.5. The minimum absolute atomic E-state index is 0.00752. The van der Waals surface area contributed by atoms with Gasteiger partial charge in [0.1, 0.15) is 12.0 Å². The standard InChI is InChI=1S/C24H22FN5S/c1-15(17-4-6-21(25)20(10-17)19-12-28-29(3)13-19)30-16(2)26-9-8-23(30)18-5-7-22-24(11-18)31-14-27-22/h4-16H,1-3H3. The minimum Gasteiger partial charge on any atom is -0.343 e. The highest BCUT2D eigenvalue weighted by Crippen LogP contribution is 2.36. The predicted molar refractivity (Wildman–Crippen MR) is 124 cm³/mol. The van der Waals surface area contributed by atoms with Crippen LogP contribution >= 0.6 is 11.3 Å². The molecule has 0 N–H and O–H groups in total. The van der Waals surface area contributed by atoms with Gasteiger partial charge in [-0.3, -0.25) is 9.67 Å². The molecule has 2 unspecified atom stereocenters. The highest BCUT2D eigenvalue weighted by atomic mass is 32.1. The van der Waals surface area contributed by atoms with Crippen molar-refractivity contribution in [2.45, 2.75) is 26.1 Å². The lowest BCUT2D eigenvalue weighted by molar-refractivity contribution is 0.252. The van der Waals surface area contributed by atoms with E-state index in [1.165, 1.54) is 0 Å². The second kappa shape index (κ2) is 7.74. The molecule has 0 saturated heterocycles. The summed E-state index contributed by atoms with van der Waals surface area (Å²) in [6.45, 7) is 4.22. The lowest BCUT2D eigenvalue weighted by atomic mass is 9.98. The van der Waals surface area contributed by atoms with E-state index in [9.17, 15) is 4.39 Å². The number of aliphatic imine (C=N–C) groups is 1. The van der Waals surface area contributed by atoms with Crippen LogP contribution in [0.15, 0.2) is 65.4 Å².